The van der Waals surface area contributed by atoms with Crippen LogP contribution in [0.2, 0.25) is 0 Å². The van der Waals surface area contributed by atoms with Crippen LogP contribution in [-0.2, 0) is 6.54 Å². The quantitative estimate of drug-likeness (QED) is 0.900. The molecule has 0 unspecified atom stereocenters. The predicted octanol–water partition coefficient (Wildman–Crippen LogP) is 2.53. The molecule has 0 spiro atoms. The van der Waals surface area contributed by atoms with Gasteiger partial charge in [-0.25, -0.2) is 0 Å². The maximum Gasteiger partial charge on any atom is 0.251 e. The predicted molar refractivity (Wildman–Crippen MR) is 67.6 cm³/mol. The Hall–Kier alpha value is -2.23. The molecule has 1 amide bonds. The maximum absolute atomic E-state index is 11.8. The standard InChI is InChI=1S/C14H15NO3/c1-10-3-6-13(18-10)9-15-14(16)11-4-7-12(17-2)8-5-11/h3-8H,9H2,1-2H3,(H,15,16). The van der Waals surface area contributed by atoms with E-state index in [0.717, 1.165) is 17.3 Å². The molecule has 18 heavy (non-hydrogen) atoms. The van der Waals surface area contributed by atoms with Crippen LogP contribution in [-0.4, -0.2) is 13.0 Å². The van der Waals surface area contributed by atoms with Gasteiger partial charge in [-0.05, 0) is 43.3 Å². The molecule has 0 aliphatic carbocycles. The monoisotopic (exact) mass is 245 g/mol. The summed E-state index contributed by atoms with van der Waals surface area (Å²) in [5.74, 6) is 2.18. The topological polar surface area (TPSA) is 51.5 Å². The van der Waals surface area contributed by atoms with Crippen molar-refractivity contribution in [3.05, 3.63) is 53.5 Å². The molecule has 0 saturated heterocycles. The molecule has 0 radical (unpaired) electrons. The van der Waals surface area contributed by atoms with Crippen LogP contribution in [0.3, 0.4) is 0 Å². The smallest absolute Gasteiger partial charge is 0.251 e. The van der Waals surface area contributed by atoms with E-state index in [9.17, 15) is 4.79 Å². The second-order valence-corrected chi connectivity index (χ2v) is 3.92. The Balaban J connectivity index is 1.94. The van der Waals surface area contributed by atoms with E-state index in [1.165, 1.54) is 0 Å². The summed E-state index contributed by atoms with van der Waals surface area (Å²) in [5, 5.41) is 2.79. The first-order valence-electron chi connectivity index (χ1n) is 5.66. The number of hydrogen-bond donors (Lipinski definition) is 1. The van der Waals surface area contributed by atoms with Crippen molar-refractivity contribution in [2.24, 2.45) is 0 Å². The van der Waals surface area contributed by atoms with Crippen molar-refractivity contribution in [1.29, 1.82) is 0 Å². The highest BCUT2D eigenvalue weighted by Gasteiger charge is 2.06. The summed E-state index contributed by atoms with van der Waals surface area (Å²) >= 11 is 0. The lowest BCUT2D eigenvalue weighted by atomic mass is 10.2. The minimum absolute atomic E-state index is 0.133. The molecule has 1 heterocycles. The zero-order chi connectivity index (χ0) is 13.0. The van der Waals surface area contributed by atoms with Gasteiger partial charge in [0.2, 0.25) is 0 Å². The molecule has 2 aromatic rings. The molecular formula is C14H15NO3. The molecule has 0 aliphatic rings. The van der Waals surface area contributed by atoms with E-state index in [1.54, 1.807) is 31.4 Å². The van der Waals surface area contributed by atoms with Crippen LogP contribution in [0.15, 0.2) is 40.8 Å². The van der Waals surface area contributed by atoms with Gasteiger partial charge in [-0.15, -0.1) is 0 Å². The first kappa shape index (κ1) is 12.2. The van der Waals surface area contributed by atoms with Crippen LogP contribution >= 0.6 is 0 Å². The average Bonchev–Trinajstić information content (AvgIpc) is 2.82. The van der Waals surface area contributed by atoms with Gasteiger partial charge in [0.15, 0.2) is 0 Å². The van der Waals surface area contributed by atoms with Gasteiger partial charge < -0.3 is 14.5 Å². The van der Waals surface area contributed by atoms with Crippen LogP contribution in [0.4, 0.5) is 0 Å². The number of nitrogens with one attached hydrogen (secondary N) is 1. The highest BCUT2D eigenvalue weighted by atomic mass is 16.5. The number of rotatable bonds is 4. The molecule has 94 valence electrons. The van der Waals surface area contributed by atoms with E-state index < -0.39 is 0 Å². The average molecular weight is 245 g/mol. The second-order valence-electron chi connectivity index (χ2n) is 3.92. The molecule has 0 aliphatic heterocycles. The van der Waals surface area contributed by atoms with Crippen molar-refractivity contribution in [2.45, 2.75) is 13.5 Å². The SMILES string of the molecule is COc1ccc(C(=O)NCc2ccc(C)o2)cc1. The minimum Gasteiger partial charge on any atom is -0.497 e. The van der Waals surface area contributed by atoms with Crippen molar-refractivity contribution >= 4 is 5.91 Å². The Bertz CT molecular complexity index is 528. The third kappa shape index (κ3) is 2.91. The Kier molecular flexibility index (Phi) is 3.67. The second kappa shape index (κ2) is 5.40. The Morgan fingerprint density at radius 1 is 1.22 bits per heavy atom. The lowest BCUT2D eigenvalue weighted by Gasteiger charge is -2.04. The highest BCUT2D eigenvalue weighted by molar-refractivity contribution is 5.94. The third-order valence-electron chi connectivity index (χ3n) is 2.57. The summed E-state index contributed by atoms with van der Waals surface area (Å²) in [7, 11) is 1.59. The number of methoxy groups -OCH3 is 1. The number of carbonyl (C=O) groups excluding carboxylic acids is 1. The fraction of sp³-hybridized carbons (Fsp3) is 0.214. The van der Waals surface area contributed by atoms with Crippen LogP contribution < -0.4 is 10.1 Å². The molecule has 4 nitrogen and oxygen atoms in total. The fourth-order valence-electron chi connectivity index (χ4n) is 1.59. The number of ether oxygens (including phenoxy) is 1. The number of hydrogen-bond acceptors (Lipinski definition) is 3. The van der Waals surface area contributed by atoms with Crippen molar-refractivity contribution < 1.29 is 13.9 Å². The third-order valence-corrected chi connectivity index (χ3v) is 2.57. The molecule has 0 atom stereocenters. The van der Waals surface area contributed by atoms with Gasteiger partial charge in [0.1, 0.15) is 17.3 Å². The van der Waals surface area contributed by atoms with E-state index in [4.69, 9.17) is 9.15 Å². The van der Waals surface area contributed by atoms with E-state index >= 15 is 0 Å². The Morgan fingerprint density at radius 2 is 1.94 bits per heavy atom. The van der Waals surface area contributed by atoms with Crippen LogP contribution in [0, 0.1) is 6.92 Å². The van der Waals surface area contributed by atoms with Crippen molar-refractivity contribution in [3.63, 3.8) is 0 Å². The summed E-state index contributed by atoms with van der Waals surface area (Å²) in [5.41, 5.74) is 0.596. The molecule has 0 fully saturated rings. The van der Waals surface area contributed by atoms with Crippen LogP contribution in [0.25, 0.3) is 0 Å². The maximum atomic E-state index is 11.8. The van der Waals surface area contributed by atoms with Crippen molar-refractivity contribution in [3.8, 4) is 5.75 Å². The summed E-state index contributed by atoms with van der Waals surface area (Å²) in [6, 6.07) is 10.7. The summed E-state index contributed by atoms with van der Waals surface area (Å²) in [4.78, 5) is 11.8. The van der Waals surface area contributed by atoms with Gasteiger partial charge in [0, 0.05) is 5.56 Å². The molecule has 0 bridgehead atoms. The van der Waals surface area contributed by atoms with E-state index in [1.807, 2.05) is 19.1 Å². The van der Waals surface area contributed by atoms with Gasteiger partial charge in [-0.3, -0.25) is 4.79 Å². The van der Waals surface area contributed by atoms with E-state index in [-0.39, 0.29) is 5.91 Å². The lowest BCUT2D eigenvalue weighted by molar-refractivity contribution is 0.0948. The normalized spacial score (nSPS) is 10.1. The number of benzene rings is 1. The van der Waals surface area contributed by atoms with Gasteiger partial charge >= 0.3 is 0 Å². The number of aryl methyl sites for hydroxylation is 1. The Morgan fingerprint density at radius 3 is 2.50 bits per heavy atom. The number of amides is 1. The van der Waals surface area contributed by atoms with Crippen molar-refractivity contribution in [2.75, 3.05) is 7.11 Å². The number of furan rings is 1. The number of carbonyl (C=O) groups is 1. The molecular weight excluding hydrogens is 230 g/mol. The summed E-state index contributed by atoms with van der Waals surface area (Å²) < 4.78 is 10.4. The molecule has 4 heteroatoms. The summed E-state index contributed by atoms with van der Waals surface area (Å²) in [6.07, 6.45) is 0. The zero-order valence-corrected chi connectivity index (χ0v) is 10.4. The van der Waals surface area contributed by atoms with Crippen LogP contribution in [0.1, 0.15) is 21.9 Å². The fourth-order valence-corrected chi connectivity index (χ4v) is 1.59. The molecule has 1 N–H and O–H groups in total. The minimum atomic E-state index is -0.133. The summed E-state index contributed by atoms with van der Waals surface area (Å²) in [6.45, 7) is 2.26. The van der Waals surface area contributed by atoms with Gasteiger partial charge in [0.25, 0.3) is 5.91 Å². The van der Waals surface area contributed by atoms with Gasteiger partial charge in [0.05, 0.1) is 13.7 Å². The largest absolute Gasteiger partial charge is 0.497 e. The van der Waals surface area contributed by atoms with E-state index in [0.29, 0.717) is 12.1 Å². The molecule has 2 rings (SSSR count). The molecule has 1 aromatic carbocycles. The van der Waals surface area contributed by atoms with Crippen LogP contribution in [0.5, 0.6) is 5.75 Å². The lowest BCUT2D eigenvalue weighted by Crippen LogP contribution is -2.22. The Labute approximate surface area is 106 Å². The molecule has 0 saturated carbocycles. The van der Waals surface area contributed by atoms with Gasteiger partial charge in [-0.2, -0.15) is 0 Å². The van der Waals surface area contributed by atoms with Gasteiger partial charge in [-0.1, -0.05) is 0 Å². The zero-order valence-electron chi connectivity index (χ0n) is 10.4. The van der Waals surface area contributed by atoms with E-state index in [2.05, 4.69) is 5.32 Å². The molecule has 1 aromatic heterocycles. The first-order chi connectivity index (χ1) is 8.69. The highest BCUT2D eigenvalue weighted by Crippen LogP contribution is 2.11. The first-order valence-corrected chi connectivity index (χ1v) is 5.66. The van der Waals surface area contributed by atoms with Crippen molar-refractivity contribution in [1.82, 2.24) is 5.32 Å².